The molecule has 2 aromatic rings. The third kappa shape index (κ3) is 4.61. The van der Waals surface area contributed by atoms with Gasteiger partial charge in [-0.25, -0.2) is 0 Å². The fourth-order valence-corrected chi connectivity index (χ4v) is 2.00. The summed E-state index contributed by atoms with van der Waals surface area (Å²) < 4.78 is 5.97. The highest BCUT2D eigenvalue weighted by atomic mass is 16.5. The van der Waals surface area contributed by atoms with Crippen molar-refractivity contribution in [2.75, 3.05) is 0 Å². The van der Waals surface area contributed by atoms with E-state index >= 15 is 0 Å². The van der Waals surface area contributed by atoms with Crippen LogP contribution in [-0.2, 0) is 6.54 Å². The molecule has 0 aliphatic rings. The molecule has 1 N–H and O–H groups in total. The maximum Gasteiger partial charge on any atom is 0.130 e. The molecule has 112 valence electrons. The van der Waals surface area contributed by atoms with Crippen LogP contribution in [0.3, 0.4) is 0 Å². The lowest BCUT2D eigenvalue weighted by Crippen LogP contribution is -2.34. The SMILES string of the molecule is Cc1cccc(Oc2ccc(CNC(C)(C)C)cc2)c1C. The van der Waals surface area contributed by atoms with Crippen LogP contribution in [0.15, 0.2) is 42.5 Å². The van der Waals surface area contributed by atoms with E-state index < -0.39 is 0 Å². The molecular formula is C19H25NO. The third-order valence-corrected chi connectivity index (χ3v) is 3.53. The van der Waals surface area contributed by atoms with Gasteiger partial charge in [-0.15, -0.1) is 0 Å². The van der Waals surface area contributed by atoms with Crippen molar-refractivity contribution in [1.29, 1.82) is 0 Å². The van der Waals surface area contributed by atoms with Crippen molar-refractivity contribution in [3.63, 3.8) is 0 Å². The Morgan fingerprint density at radius 3 is 2.24 bits per heavy atom. The van der Waals surface area contributed by atoms with Crippen LogP contribution in [0.1, 0.15) is 37.5 Å². The van der Waals surface area contributed by atoms with E-state index in [-0.39, 0.29) is 5.54 Å². The van der Waals surface area contributed by atoms with Crippen molar-refractivity contribution in [2.24, 2.45) is 0 Å². The summed E-state index contributed by atoms with van der Waals surface area (Å²) in [4.78, 5) is 0. The lowest BCUT2D eigenvalue weighted by molar-refractivity contribution is 0.424. The highest BCUT2D eigenvalue weighted by Gasteiger charge is 2.08. The Hall–Kier alpha value is -1.80. The first-order chi connectivity index (χ1) is 9.85. The zero-order valence-corrected chi connectivity index (χ0v) is 13.7. The van der Waals surface area contributed by atoms with E-state index in [2.05, 4.69) is 58.1 Å². The summed E-state index contributed by atoms with van der Waals surface area (Å²) in [7, 11) is 0. The standard InChI is InChI=1S/C19H25NO/c1-14-7-6-8-18(15(14)2)21-17-11-9-16(10-12-17)13-20-19(3,4)5/h6-12,20H,13H2,1-5H3. The maximum absolute atomic E-state index is 5.97. The fraction of sp³-hybridized carbons (Fsp3) is 0.368. The molecule has 0 spiro atoms. The molecule has 0 saturated carbocycles. The van der Waals surface area contributed by atoms with Gasteiger partial charge in [-0.1, -0.05) is 24.3 Å². The van der Waals surface area contributed by atoms with Crippen molar-refractivity contribution >= 4 is 0 Å². The van der Waals surface area contributed by atoms with Gasteiger partial charge in [-0.05, 0) is 69.5 Å². The molecule has 0 radical (unpaired) electrons. The minimum absolute atomic E-state index is 0.133. The highest BCUT2D eigenvalue weighted by molar-refractivity contribution is 5.41. The van der Waals surface area contributed by atoms with E-state index in [4.69, 9.17) is 4.74 Å². The van der Waals surface area contributed by atoms with Crippen LogP contribution in [0.2, 0.25) is 0 Å². The smallest absolute Gasteiger partial charge is 0.130 e. The van der Waals surface area contributed by atoms with Gasteiger partial charge in [0.25, 0.3) is 0 Å². The van der Waals surface area contributed by atoms with Crippen molar-refractivity contribution in [3.8, 4) is 11.5 Å². The zero-order valence-electron chi connectivity index (χ0n) is 13.7. The molecule has 0 aromatic heterocycles. The summed E-state index contributed by atoms with van der Waals surface area (Å²) in [6.07, 6.45) is 0. The number of benzene rings is 2. The van der Waals surface area contributed by atoms with Gasteiger partial charge in [0.15, 0.2) is 0 Å². The van der Waals surface area contributed by atoms with Crippen LogP contribution in [0.25, 0.3) is 0 Å². The second-order valence-corrected chi connectivity index (χ2v) is 6.55. The summed E-state index contributed by atoms with van der Waals surface area (Å²) in [6.45, 7) is 11.6. The van der Waals surface area contributed by atoms with Crippen molar-refractivity contribution in [3.05, 3.63) is 59.2 Å². The summed E-state index contributed by atoms with van der Waals surface area (Å²) in [6, 6.07) is 14.4. The topological polar surface area (TPSA) is 21.3 Å². The molecule has 0 amide bonds. The van der Waals surface area contributed by atoms with Gasteiger partial charge in [0.1, 0.15) is 11.5 Å². The Kier molecular flexibility index (Phi) is 4.69. The predicted octanol–water partition coefficient (Wildman–Crippen LogP) is 4.98. The first-order valence-corrected chi connectivity index (χ1v) is 7.43. The second-order valence-electron chi connectivity index (χ2n) is 6.55. The van der Waals surface area contributed by atoms with Gasteiger partial charge in [0.05, 0.1) is 0 Å². The molecule has 0 bridgehead atoms. The van der Waals surface area contributed by atoms with Gasteiger partial charge in [-0.2, -0.15) is 0 Å². The predicted molar refractivity (Wildman–Crippen MR) is 89.0 cm³/mol. The van der Waals surface area contributed by atoms with E-state index in [0.29, 0.717) is 0 Å². The molecule has 2 nitrogen and oxygen atoms in total. The molecule has 0 atom stereocenters. The lowest BCUT2D eigenvalue weighted by Gasteiger charge is -2.20. The van der Waals surface area contributed by atoms with E-state index in [9.17, 15) is 0 Å². The Labute approximate surface area is 128 Å². The third-order valence-electron chi connectivity index (χ3n) is 3.53. The quantitative estimate of drug-likeness (QED) is 0.854. The van der Waals surface area contributed by atoms with Crippen LogP contribution in [0, 0.1) is 13.8 Å². The molecule has 21 heavy (non-hydrogen) atoms. The fourth-order valence-electron chi connectivity index (χ4n) is 2.00. The molecule has 0 fully saturated rings. The monoisotopic (exact) mass is 283 g/mol. The minimum atomic E-state index is 0.133. The number of hydrogen-bond donors (Lipinski definition) is 1. The van der Waals surface area contributed by atoms with Gasteiger partial charge in [0, 0.05) is 12.1 Å². The number of hydrogen-bond acceptors (Lipinski definition) is 2. The van der Waals surface area contributed by atoms with Gasteiger partial charge in [-0.3, -0.25) is 0 Å². The summed E-state index contributed by atoms with van der Waals surface area (Å²) >= 11 is 0. The van der Waals surface area contributed by atoms with E-state index in [1.807, 2.05) is 24.3 Å². The van der Waals surface area contributed by atoms with Crippen molar-refractivity contribution < 1.29 is 4.74 Å². The molecule has 2 heteroatoms. The second kappa shape index (κ2) is 6.31. The first-order valence-electron chi connectivity index (χ1n) is 7.43. The molecule has 0 saturated heterocycles. The van der Waals surface area contributed by atoms with Crippen molar-refractivity contribution in [2.45, 2.75) is 46.7 Å². The molecule has 0 unspecified atom stereocenters. The summed E-state index contributed by atoms with van der Waals surface area (Å²) in [5.74, 6) is 1.80. The van der Waals surface area contributed by atoms with Crippen molar-refractivity contribution in [1.82, 2.24) is 5.32 Å². The average Bonchev–Trinajstić information content (AvgIpc) is 2.42. The minimum Gasteiger partial charge on any atom is -0.457 e. The number of aryl methyl sites for hydroxylation is 1. The van der Waals surface area contributed by atoms with E-state index in [1.165, 1.54) is 16.7 Å². The van der Waals surface area contributed by atoms with Crippen LogP contribution in [-0.4, -0.2) is 5.54 Å². The number of nitrogens with one attached hydrogen (secondary N) is 1. The van der Waals surface area contributed by atoms with Crippen LogP contribution >= 0.6 is 0 Å². The molecule has 2 rings (SSSR count). The number of rotatable bonds is 4. The molecule has 0 aliphatic carbocycles. The Morgan fingerprint density at radius 1 is 0.952 bits per heavy atom. The van der Waals surface area contributed by atoms with Gasteiger partial charge in [0.2, 0.25) is 0 Å². The van der Waals surface area contributed by atoms with Crippen LogP contribution in [0.4, 0.5) is 0 Å². The normalized spacial score (nSPS) is 11.5. The van der Waals surface area contributed by atoms with E-state index in [1.54, 1.807) is 0 Å². The Balaban J connectivity index is 2.04. The maximum atomic E-state index is 5.97. The zero-order chi connectivity index (χ0) is 15.5. The first kappa shape index (κ1) is 15.6. The molecular weight excluding hydrogens is 258 g/mol. The Morgan fingerprint density at radius 2 is 1.62 bits per heavy atom. The molecule has 0 aliphatic heterocycles. The van der Waals surface area contributed by atoms with Gasteiger partial charge >= 0.3 is 0 Å². The van der Waals surface area contributed by atoms with Crippen LogP contribution in [0.5, 0.6) is 11.5 Å². The lowest BCUT2D eigenvalue weighted by atomic mass is 10.1. The summed E-state index contributed by atoms with van der Waals surface area (Å²) in [5, 5.41) is 3.48. The van der Waals surface area contributed by atoms with Crippen LogP contribution < -0.4 is 10.1 Å². The van der Waals surface area contributed by atoms with Gasteiger partial charge < -0.3 is 10.1 Å². The Bertz CT molecular complexity index is 594. The largest absolute Gasteiger partial charge is 0.457 e. The molecule has 0 heterocycles. The van der Waals surface area contributed by atoms with E-state index in [0.717, 1.165) is 18.0 Å². The average molecular weight is 283 g/mol. The molecule has 2 aromatic carbocycles. The highest BCUT2D eigenvalue weighted by Crippen LogP contribution is 2.26. The summed E-state index contributed by atoms with van der Waals surface area (Å²) in [5.41, 5.74) is 3.83. The number of ether oxygens (including phenoxy) is 1.